The third-order valence-electron chi connectivity index (χ3n) is 8.86. The molecule has 1 amide bonds. The monoisotopic (exact) mass is 727 g/mol. The van der Waals surface area contributed by atoms with E-state index in [0.29, 0.717) is 45.9 Å². The fourth-order valence-corrected chi connectivity index (χ4v) is 8.05. The van der Waals surface area contributed by atoms with E-state index in [1.54, 1.807) is 24.3 Å². The van der Waals surface area contributed by atoms with Crippen molar-refractivity contribution in [2.45, 2.75) is 49.4 Å². The molecule has 0 spiro atoms. The van der Waals surface area contributed by atoms with Gasteiger partial charge in [0, 0.05) is 11.3 Å². The number of aliphatic hydroxyl groups excluding tert-OH is 1. The molecule has 262 valence electrons. The second kappa shape index (κ2) is 15.8. The Labute approximate surface area is 310 Å². The van der Waals surface area contributed by atoms with Crippen LogP contribution >= 0.6 is 23.1 Å². The number of thioether (sulfide) groups is 1. The number of carbonyl (C=O) groups is 2. The number of ketones is 1. The number of anilines is 1. The number of aryl methyl sites for hydroxylation is 1. The van der Waals surface area contributed by atoms with Gasteiger partial charge in [-0.05, 0) is 77.2 Å². The summed E-state index contributed by atoms with van der Waals surface area (Å²) >= 11 is 2.76. The lowest BCUT2D eigenvalue weighted by atomic mass is 9.95. The number of ether oxygens (including phenoxy) is 2. The Morgan fingerprint density at radius 3 is 2.38 bits per heavy atom. The third-order valence-corrected chi connectivity index (χ3v) is 11.0. The molecular formula is C42H37N3O5S2. The molecule has 1 N–H and O–H groups in total. The highest BCUT2D eigenvalue weighted by Crippen LogP contribution is 2.44. The smallest absolute Gasteiger partial charge is 0.301 e. The van der Waals surface area contributed by atoms with Gasteiger partial charge in [-0.1, -0.05) is 121 Å². The molecule has 0 saturated carbocycles. The summed E-state index contributed by atoms with van der Waals surface area (Å²) in [5.74, 6) is 0.0759. The van der Waals surface area contributed by atoms with Crippen LogP contribution in [0.2, 0.25) is 0 Å². The van der Waals surface area contributed by atoms with E-state index in [0.717, 1.165) is 34.9 Å². The lowest BCUT2D eigenvalue weighted by Crippen LogP contribution is -2.29. The zero-order valence-electron chi connectivity index (χ0n) is 28.8. The van der Waals surface area contributed by atoms with E-state index in [9.17, 15) is 14.7 Å². The van der Waals surface area contributed by atoms with Gasteiger partial charge in [-0.25, -0.2) is 0 Å². The zero-order chi connectivity index (χ0) is 36.0. The Bertz CT molecular complexity index is 2240. The van der Waals surface area contributed by atoms with Crippen molar-refractivity contribution < 1.29 is 24.2 Å². The van der Waals surface area contributed by atoms with Crippen molar-refractivity contribution in [3.05, 3.63) is 149 Å². The Kier molecular flexibility index (Phi) is 10.7. The quantitative estimate of drug-likeness (QED) is 0.0314. The maximum absolute atomic E-state index is 13.8. The van der Waals surface area contributed by atoms with Gasteiger partial charge < -0.3 is 14.6 Å². The molecule has 0 bridgehead atoms. The van der Waals surface area contributed by atoms with Gasteiger partial charge in [0.1, 0.15) is 23.9 Å². The van der Waals surface area contributed by atoms with Crippen LogP contribution in [0.3, 0.4) is 0 Å². The molecule has 1 saturated heterocycles. The molecular weight excluding hydrogens is 691 g/mol. The Morgan fingerprint density at radius 1 is 0.865 bits per heavy atom. The van der Waals surface area contributed by atoms with Crippen LogP contribution in [0.1, 0.15) is 53.6 Å². The average molecular weight is 728 g/mol. The fraction of sp³-hybridized carbons (Fsp3) is 0.190. The molecule has 10 heteroatoms. The number of hydrogen-bond donors (Lipinski definition) is 1. The van der Waals surface area contributed by atoms with E-state index in [1.807, 2.05) is 67.6 Å². The van der Waals surface area contributed by atoms with Gasteiger partial charge in [-0.3, -0.25) is 14.5 Å². The molecule has 52 heavy (non-hydrogen) atoms. The molecule has 1 unspecified atom stereocenters. The van der Waals surface area contributed by atoms with Crippen molar-refractivity contribution in [1.82, 2.24) is 10.2 Å². The molecule has 1 aliphatic rings. The largest absolute Gasteiger partial charge is 0.507 e. The predicted molar refractivity (Wildman–Crippen MR) is 207 cm³/mol. The first-order valence-electron chi connectivity index (χ1n) is 17.1. The summed E-state index contributed by atoms with van der Waals surface area (Å²) in [6, 6.07) is 35.7. The van der Waals surface area contributed by atoms with Crippen LogP contribution in [0, 0.1) is 6.92 Å². The van der Waals surface area contributed by atoms with Crippen molar-refractivity contribution in [3.63, 3.8) is 0 Å². The van der Waals surface area contributed by atoms with E-state index in [4.69, 9.17) is 9.47 Å². The van der Waals surface area contributed by atoms with E-state index in [1.165, 1.54) is 33.4 Å². The van der Waals surface area contributed by atoms with Gasteiger partial charge in [0.15, 0.2) is 4.34 Å². The molecule has 1 aromatic heterocycles. The van der Waals surface area contributed by atoms with Gasteiger partial charge in [-0.2, -0.15) is 0 Å². The van der Waals surface area contributed by atoms with E-state index >= 15 is 0 Å². The van der Waals surface area contributed by atoms with Gasteiger partial charge in [0.05, 0.1) is 18.2 Å². The Morgan fingerprint density at radius 2 is 1.60 bits per heavy atom. The van der Waals surface area contributed by atoms with Gasteiger partial charge in [0.2, 0.25) is 5.13 Å². The first-order chi connectivity index (χ1) is 25.4. The highest BCUT2D eigenvalue weighted by molar-refractivity contribution is 8.00. The molecule has 6 aromatic rings. The van der Waals surface area contributed by atoms with Crippen LogP contribution in [0.15, 0.2) is 125 Å². The van der Waals surface area contributed by atoms with Crippen molar-refractivity contribution in [3.8, 4) is 11.5 Å². The molecule has 5 aromatic carbocycles. The first-order valence-corrected chi connectivity index (χ1v) is 19.0. The summed E-state index contributed by atoms with van der Waals surface area (Å²) in [4.78, 5) is 29.0. The highest BCUT2D eigenvalue weighted by atomic mass is 32.2. The number of rotatable bonds is 13. The summed E-state index contributed by atoms with van der Waals surface area (Å²) in [5, 5.41) is 23.1. The van der Waals surface area contributed by atoms with Crippen molar-refractivity contribution in [2.24, 2.45) is 0 Å². The molecule has 8 nitrogen and oxygen atoms in total. The number of carbonyl (C=O) groups excluding carboxylic acids is 2. The van der Waals surface area contributed by atoms with Crippen LogP contribution in [0.4, 0.5) is 5.13 Å². The molecule has 0 radical (unpaired) electrons. The normalized spacial score (nSPS) is 15.3. The molecule has 7 rings (SSSR count). The van der Waals surface area contributed by atoms with Gasteiger partial charge >= 0.3 is 5.91 Å². The second-order valence-corrected chi connectivity index (χ2v) is 14.7. The van der Waals surface area contributed by atoms with Gasteiger partial charge in [0.25, 0.3) is 5.78 Å². The Hall–Kier alpha value is -5.45. The molecule has 2 heterocycles. The minimum absolute atomic E-state index is 0.0294. The average Bonchev–Trinajstić information content (AvgIpc) is 3.74. The number of benzene rings is 5. The number of Topliss-reactive ketones (excluding diaryl/α,β-unsaturated/α-hetero) is 1. The number of fused-ring (bicyclic) bond motifs is 1. The summed E-state index contributed by atoms with van der Waals surface area (Å²) < 4.78 is 12.5. The lowest BCUT2D eigenvalue weighted by Gasteiger charge is -2.22. The standard InChI is InChI=1S/C42H37N3O5S2/c1-3-4-23-49-33-19-15-30(16-20-33)37-36(38(46)31-17-21-34(22-18-31)50-25-28-10-7-9-27(2)24-28)39(47)40(48)45(37)41-43-44-42(52-41)51-26-32-13-8-12-29-11-5-6-14-35(29)32/h5-22,24,37,46H,3-4,23,25-26H2,1-2H3. The summed E-state index contributed by atoms with van der Waals surface area (Å²) in [5.41, 5.74) is 4.33. The maximum atomic E-state index is 13.8. The predicted octanol–water partition coefficient (Wildman–Crippen LogP) is 9.68. The van der Waals surface area contributed by atoms with Gasteiger partial charge in [-0.15, -0.1) is 10.2 Å². The first kappa shape index (κ1) is 35.0. The van der Waals surface area contributed by atoms with Crippen molar-refractivity contribution in [2.75, 3.05) is 11.5 Å². The minimum atomic E-state index is -0.939. The Balaban J connectivity index is 1.18. The second-order valence-electron chi connectivity index (χ2n) is 12.5. The number of aromatic nitrogens is 2. The van der Waals surface area contributed by atoms with Crippen LogP contribution in [-0.4, -0.2) is 33.6 Å². The number of amides is 1. The van der Waals surface area contributed by atoms with Crippen molar-refractivity contribution >= 4 is 56.5 Å². The van der Waals surface area contributed by atoms with E-state index < -0.39 is 17.7 Å². The number of unbranched alkanes of at least 4 members (excludes halogenated alkanes) is 1. The lowest BCUT2D eigenvalue weighted by molar-refractivity contribution is -0.132. The SMILES string of the molecule is CCCCOc1ccc(C2C(=C(O)c3ccc(OCc4cccc(C)c4)cc3)C(=O)C(=O)N2c2nnc(SCc3cccc4ccccc34)s2)cc1. The van der Waals surface area contributed by atoms with Crippen LogP contribution < -0.4 is 14.4 Å². The summed E-state index contributed by atoms with van der Waals surface area (Å²) in [7, 11) is 0. The number of hydrogen-bond acceptors (Lipinski definition) is 9. The number of aliphatic hydroxyl groups is 1. The van der Waals surface area contributed by atoms with E-state index in [-0.39, 0.29) is 16.5 Å². The van der Waals surface area contributed by atoms with Crippen LogP contribution in [-0.2, 0) is 21.9 Å². The minimum Gasteiger partial charge on any atom is -0.507 e. The third kappa shape index (κ3) is 7.58. The topological polar surface area (TPSA) is 102 Å². The van der Waals surface area contributed by atoms with E-state index in [2.05, 4.69) is 47.5 Å². The van der Waals surface area contributed by atoms with Crippen LogP contribution in [0.5, 0.6) is 11.5 Å². The summed E-state index contributed by atoms with van der Waals surface area (Å²) in [6.07, 6.45) is 1.94. The number of nitrogens with zero attached hydrogens (tertiary/aromatic N) is 3. The fourth-order valence-electron chi connectivity index (χ4n) is 6.18. The van der Waals surface area contributed by atoms with Crippen molar-refractivity contribution in [1.29, 1.82) is 0 Å². The zero-order valence-corrected chi connectivity index (χ0v) is 30.5. The molecule has 1 atom stereocenters. The highest BCUT2D eigenvalue weighted by Gasteiger charge is 2.48. The summed E-state index contributed by atoms with van der Waals surface area (Å²) in [6.45, 7) is 5.11. The van der Waals surface area contributed by atoms with Crippen LogP contribution in [0.25, 0.3) is 16.5 Å². The molecule has 0 aliphatic carbocycles. The maximum Gasteiger partial charge on any atom is 0.301 e. The molecule has 1 aliphatic heterocycles. The molecule has 1 fully saturated rings.